The molecule has 0 aliphatic rings. The number of hydrogen-bond acceptors (Lipinski definition) is 6. The van der Waals surface area contributed by atoms with Gasteiger partial charge in [0.2, 0.25) is 0 Å². The highest BCUT2D eigenvalue weighted by atomic mass is 16.6. The molecule has 0 fully saturated rings. The zero-order valence-electron chi connectivity index (χ0n) is 42.6. The predicted molar refractivity (Wildman–Crippen MR) is 270 cm³/mol. The summed E-state index contributed by atoms with van der Waals surface area (Å²) in [4.78, 5) is 38.0. The lowest BCUT2D eigenvalue weighted by Gasteiger charge is -2.18. The first-order valence-electron chi connectivity index (χ1n) is 28.2. The third-order valence-electron chi connectivity index (χ3n) is 12.8. The topological polar surface area (TPSA) is 78.9 Å². The Bertz CT molecular complexity index is 978. The summed E-state index contributed by atoms with van der Waals surface area (Å²) in [5.41, 5.74) is 0. The highest BCUT2D eigenvalue weighted by Crippen LogP contribution is 2.17. The minimum Gasteiger partial charge on any atom is -0.462 e. The molecule has 372 valence electrons. The molecule has 6 nitrogen and oxygen atoms in total. The van der Waals surface area contributed by atoms with Gasteiger partial charge < -0.3 is 14.2 Å². The Labute approximate surface area is 392 Å². The Morgan fingerprint density at radius 3 is 0.794 bits per heavy atom. The Hall–Kier alpha value is -1.85. The van der Waals surface area contributed by atoms with Crippen LogP contribution in [0.4, 0.5) is 0 Å². The van der Waals surface area contributed by atoms with Crippen LogP contribution in [0.2, 0.25) is 0 Å². The highest BCUT2D eigenvalue weighted by molar-refractivity contribution is 5.71. The fourth-order valence-electron chi connectivity index (χ4n) is 8.50. The normalized spacial score (nSPS) is 12.0. The van der Waals surface area contributed by atoms with Gasteiger partial charge in [-0.3, -0.25) is 14.4 Å². The lowest BCUT2D eigenvalue weighted by molar-refractivity contribution is -0.167. The summed E-state index contributed by atoms with van der Waals surface area (Å²) in [6.45, 7) is 6.67. The number of ether oxygens (including phenoxy) is 3. The van der Waals surface area contributed by atoms with Gasteiger partial charge in [0.05, 0.1) is 0 Å². The molecule has 0 bridgehead atoms. The minimum atomic E-state index is -0.768. The van der Waals surface area contributed by atoms with Crippen LogP contribution in [0.1, 0.15) is 316 Å². The van der Waals surface area contributed by atoms with Crippen molar-refractivity contribution in [1.29, 1.82) is 0 Å². The lowest BCUT2D eigenvalue weighted by atomic mass is 10.0. The number of esters is 3. The zero-order chi connectivity index (χ0) is 45.8. The van der Waals surface area contributed by atoms with Gasteiger partial charge in [-0.1, -0.05) is 264 Å². The van der Waals surface area contributed by atoms with Crippen molar-refractivity contribution in [3.05, 3.63) is 12.2 Å². The molecule has 0 aromatic carbocycles. The second-order valence-electron chi connectivity index (χ2n) is 19.2. The largest absolute Gasteiger partial charge is 0.462 e. The quantitative estimate of drug-likeness (QED) is 0.0262. The van der Waals surface area contributed by atoms with Gasteiger partial charge in [-0.15, -0.1) is 0 Å². The summed E-state index contributed by atoms with van der Waals surface area (Å²) in [5, 5.41) is 0. The summed E-state index contributed by atoms with van der Waals surface area (Å²) in [6.07, 6.45) is 59.2. The van der Waals surface area contributed by atoms with Crippen molar-refractivity contribution in [2.75, 3.05) is 13.2 Å². The Kier molecular flexibility index (Phi) is 51.2. The van der Waals surface area contributed by atoms with Crippen molar-refractivity contribution in [3.8, 4) is 0 Å². The number of hydrogen-bond donors (Lipinski definition) is 0. The molecule has 0 aliphatic carbocycles. The van der Waals surface area contributed by atoms with Crippen LogP contribution in [0, 0.1) is 0 Å². The molecule has 0 rings (SSSR count). The minimum absolute atomic E-state index is 0.0677. The first-order chi connectivity index (χ1) is 31.0. The van der Waals surface area contributed by atoms with E-state index in [9.17, 15) is 14.4 Å². The van der Waals surface area contributed by atoms with Crippen molar-refractivity contribution in [3.63, 3.8) is 0 Å². The van der Waals surface area contributed by atoms with Gasteiger partial charge in [0.15, 0.2) is 6.10 Å². The highest BCUT2D eigenvalue weighted by Gasteiger charge is 2.19. The van der Waals surface area contributed by atoms with Crippen LogP contribution in [0.3, 0.4) is 0 Å². The van der Waals surface area contributed by atoms with Crippen LogP contribution in [-0.4, -0.2) is 37.2 Å². The van der Waals surface area contributed by atoms with E-state index < -0.39 is 6.10 Å². The Morgan fingerprint density at radius 1 is 0.302 bits per heavy atom. The molecular weight excluding hydrogens is 781 g/mol. The number of unbranched alkanes of at least 4 members (excludes halogenated alkanes) is 39. The van der Waals surface area contributed by atoms with Crippen molar-refractivity contribution in [1.82, 2.24) is 0 Å². The van der Waals surface area contributed by atoms with E-state index >= 15 is 0 Å². The van der Waals surface area contributed by atoms with E-state index in [1.54, 1.807) is 0 Å². The average Bonchev–Trinajstić information content (AvgIpc) is 3.28. The number of allylic oxidation sites excluding steroid dienone is 2. The fourth-order valence-corrected chi connectivity index (χ4v) is 8.50. The predicted octanol–water partition coefficient (Wildman–Crippen LogP) is 18.5. The van der Waals surface area contributed by atoms with E-state index in [1.165, 1.54) is 212 Å². The van der Waals surface area contributed by atoms with Crippen LogP contribution < -0.4 is 0 Å². The summed E-state index contributed by atoms with van der Waals surface area (Å²) >= 11 is 0. The first-order valence-corrected chi connectivity index (χ1v) is 28.2. The molecule has 63 heavy (non-hydrogen) atoms. The van der Waals surface area contributed by atoms with Crippen LogP contribution in [0.15, 0.2) is 12.2 Å². The van der Waals surface area contributed by atoms with E-state index in [0.717, 1.165) is 64.2 Å². The average molecular weight is 889 g/mol. The smallest absolute Gasteiger partial charge is 0.306 e. The third kappa shape index (κ3) is 51.0. The van der Waals surface area contributed by atoms with Gasteiger partial charge >= 0.3 is 17.9 Å². The second kappa shape index (κ2) is 52.8. The van der Waals surface area contributed by atoms with Crippen LogP contribution in [0.5, 0.6) is 0 Å². The Morgan fingerprint density at radius 2 is 0.524 bits per heavy atom. The van der Waals surface area contributed by atoms with Crippen molar-refractivity contribution in [2.45, 2.75) is 322 Å². The zero-order valence-corrected chi connectivity index (χ0v) is 42.6. The van der Waals surface area contributed by atoms with E-state index in [2.05, 4.69) is 32.9 Å². The molecule has 0 aromatic rings. The SMILES string of the molecule is CCCCCCCC/C=C\CCCCCCCC(=O)OC(COC(=O)CCCCCCCCCCCCC)COC(=O)CCCCCCCCCCCCCCCCCCCCC. The molecule has 0 aromatic heterocycles. The van der Waals surface area contributed by atoms with Crippen molar-refractivity contribution in [2.24, 2.45) is 0 Å². The summed E-state index contributed by atoms with van der Waals surface area (Å²) in [6, 6.07) is 0. The molecule has 0 heterocycles. The van der Waals surface area contributed by atoms with E-state index in [1.807, 2.05) is 0 Å². The van der Waals surface area contributed by atoms with Gasteiger partial charge in [-0.05, 0) is 44.9 Å². The molecule has 0 aliphatic heterocycles. The molecule has 6 heteroatoms. The summed E-state index contributed by atoms with van der Waals surface area (Å²) in [5.74, 6) is -0.855. The van der Waals surface area contributed by atoms with Crippen molar-refractivity contribution >= 4 is 17.9 Å². The maximum Gasteiger partial charge on any atom is 0.306 e. The van der Waals surface area contributed by atoms with E-state index in [0.29, 0.717) is 19.3 Å². The Balaban J connectivity index is 4.27. The maximum atomic E-state index is 12.8. The number of rotatable bonds is 52. The summed E-state index contributed by atoms with van der Waals surface area (Å²) < 4.78 is 16.8. The maximum absolute atomic E-state index is 12.8. The van der Waals surface area contributed by atoms with E-state index in [-0.39, 0.29) is 31.1 Å². The van der Waals surface area contributed by atoms with Gasteiger partial charge in [0.1, 0.15) is 13.2 Å². The van der Waals surface area contributed by atoms with E-state index in [4.69, 9.17) is 14.2 Å². The molecule has 0 N–H and O–H groups in total. The number of carbonyl (C=O) groups excluding carboxylic acids is 3. The van der Waals surface area contributed by atoms with Crippen LogP contribution >= 0.6 is 0 Å². The summed E-state index contributed by atoms with van der Waals surface area (Å²) in [7, 11) is 0. The molecule has 0 amide bonds. The molecule has 0 radical (unpaired) electrons. The van der Waals surface area contributed by atoms with Gasteiger partial charge in [0.25, 0.3) is 0 Å². The standard InChI is InChI=1S/C57H108O6/c1-4-7-10-13-16-19-22-24-26-27-28-29-31-32-35-38-41-44-47-50-56(59)62-53-54(52-61-55(58)49-46-43-40-37-34-21-18-15-12-9-6-3)63-57(60)51-48-45-42-39-36-33-30-25-23-20-17-14-11-8-5-2/h25,30,54H,4-24,26-29,31-53H2,1-3H3/b30-25-. The van der Waals surface area contributed by atoms with Crippen LogP contribution in [-0.2, 0) is 28.6 Å². The van der Waals surface area contributed by atoms with Gasteiger partial charge in [-0.25, -0.2) is 0 Å². The molecule has 1 unspecified atom stereocenters. The second-order valence-corrected chi connectivity index (χ2v) is 19.2. The lowest BCUT2D eigenvalue weighted by Crippen LogP contribution is -2.30. The molecule has 0 saturated carbocycles. The van der Waals surface area contributed by atoms with Crippen molar-refractivity contribution < 1.29 is 28.6 Å². The van der Waals surface area contributed by atoms with Crippen LogP contribution in [0.25, 0.3) is 0 Å². The van der Waals surface area contributed by atoms with Gasteiger partial charge in [0, 0.05) is 19.3 Å². The molecule has 0 spiro atoms. The number of carbonyl (C=O) groups is 3. The fraction of sp³-hybridized carbons (Fsp3) is 0.912. The molecule has 1 atom stereocenters. The van der Waals surface area contributed by atoms with Gasteiger partial charge in [-0.2, -0.15) is 0 Å². The first kappa shape index (κ1) is 61.1. The monoisotopic (exact) mass is 889 g/mol. The molecule has 0 saturated heterocycles. The molecular formula is C57H108O6. The third-order valence-corrected chi connectivity index (χ3v) is 12.8.